The topological polar surface area (TPSA) is 83.9 Å². The minimum Gasteiger partial charge on any atom is -0.494 e. The average molecular weight is 293 g/mol. The van der Waals surface area contributed by atoms with Gasteiger partial charge in [-0.25, -0.2) is 0 Å². The molecule has 1 aromatic carbocycles. The summed E-state index contributed by atoms with van der Waals surface area (Å²) in [6.45, 7) is 1.55. The number of hydrogen-bond acceptors (Lipinski definition) is 4. The van der Waals surface area contributed by atoms with Crippen molar-refractivity contribution in [3.8, 4) is 5.75 Å². The molecule has 0 aromatic heterocycles. The van der Waals surface area contributed by atoms with Crippen molar-refractivity contribution in [2.45, 2.75) is 19.8 Å². The van der Waals surface area contributed by atoms with Crippen LogP contribution in [0.5, 0.6) is 5.75 Å². The third-order valence-electron chi connectivity index (χ3n) is 2.86. The highest BCUT2D eigenvalue weighted by Crippen LogP contribution is 2.13. The Morgan fingerprint density at radius 1 is 1.19 bits per heavy atom. The van der Waals surface area contributed by atoms with E-state index in [1.165, 1.54) is 18.9 Å². The van der Waals surface area contributed by atoms with Crippen molar-refractivity contribution in [1.29, 1.82) is 0 Å². The van der Waals surface area contributed by atoms with Crippen LogP contribution in [0.1, 0.15) is 30.1 Å². The zero-order valence-electron chi connectivity index (χ0n) is 12.2. The number of nitrogens with zero attached hydrogens (tertiary/aromatic N) is 1. The predicted octanol–water partition coefficient (Wildman–Crippen LogP) is 1.59. The molecule has 0 saturated heterocycles. The summed E-state index contributed by atoms with van der Waals surface area (Å²) in [5.41, 5.74) is 0.618. The number of amides is 1. The Hall–Kier alpha value is -2.37. The standard InChI is InChI=1S/C15H19NO5/c1-11(17)12-5-7-13(8-6-12)21-9-3-4-14(18)16(2)10-15(19)20/h5-8H,3-4,9-10H2,1-2H3,(H,19,20). The van der Waals surface area contributed by atoms with Gasteiger partial charge in [0.05, 0.1) is 6.61 Å². The van der Waals surface area contributed by atoms with Gasteiger partial charge in [-0.1, -0.05) is 0 Å². The highest BCUT2D eigenvalue weighted by atomic mass is 16.5. The second-order valence-corrected chi connectivity index (χ2v) is 4.68. The van der Waals surface area contributed by atoms with E-state index in [1.54, 1.807) is 24.3 Å². The molecular formula is C15H19NO5. The first kappa shape index (κ1) is 16.7. The molecule has 114 valence electrons. The van der Waals surface area contributed by atoms with Crippen LogP contribution in [0.3, 0.4) is 0 Å². The molecule has 0 aliphatic heterocycles. The summed E-state index contributed by atoms with van der Waals surface area (Å²) in [5.74, 6) is -0.638. The Morgan fingerprint density at radius 3 is 2.33 bits per heavy atom. The van der Waals surface area contributed by atoms with E-state index in [-0.39, 0.29) is 24.7 Å². The van der Waals surface area contributed by atoms with Gasteiger partial charge in [-0.15, -0.1) is 0 Å². The molecule has 0 atom stereocenters. The SMILES string of the molecule is CC(=O)c1ccc(OCCCC(=O)N(C)CC(=O)O)cc1. The fraction of sp³-hybridized carbons (Fsp3) is 0.400. The summed E-state index contributed by atoms with van der Waals surface area (Å²) in [4.78, 5) is 34.3. The van der Waals surface area contributed by atoms with Gasteiger partial charge >= 0.3 is 5.97 Å². The number of carbonyl (C=O) groups is 3. The number of benzene rings is 1. The van der Waals surface area contributed by atoms with Crippen molar-refractivity contribution in [3.63, 3.8) is 0 Å². The molecule has 1 aromatic rings. The quantitative estimate of drug-likeness (QED) is 0.581. The summed E-state index contributed by atoms with van der Waals surface area (Å²) in [5, 5.41) is 8.57. The minimum absolute atomic E-state index is 0.00591. The third kappa shape index (κ3) is 6.07. The summed E-state index contributed by atoms with van der Waals surface area (Å²) in [6, 6.07) is 6.77. The number of Topliss-reactive ketones (excluding diaryl/α,β-unsaturated/α-hetero) is 1. The van der Waals surface area contributed by atoms with Crippen LogP contribution in [-0.4, -0.2) is 47.9 Å². The number of ketones is 1. The normalized spacial score (nSPS) is 10.0. The number of hydrogen-bond donors (Lipinski definition) is 1. The number of carboxylic acid groups (broad SMARTS) is 1. The van der Waals surface area contributed by atoms with Gasteiger partial charge in [-0.3, -0.25) is 14.4 Å². The van der Waals surface area contributed by atoms with Crippen molar-refractivity contribution in [1.82, 2.24) is 4.90 Å². The lowest BCUT2D eigenvalue weighted by atomic mass is 10.1. The van der Waals surface area contributed by atoms with E-state index in [2.05, 4.69) is 0 Å². The molecule has 6 nitrogen and oxygen atoms in total. The molecule has 0 unspecified atom stereocenters. The van der Waals surface area contributed by atoms with E-state index in [0.29, 0.717) is 24.3 Å². The number of rotatable bonds is 8. The van der Waals surface area contributed by atoms with E-state index < -0.39 is 5.97 Å². The van der Waals surface area contributed by atoms with Crippen LogP contribution in [0.15, 0.2) is 24.3 Å². The molecule has 0 spiro atoms. The molecule has 0 saturated carbocycles. The zero-order chi connectivity index (χ0) is 15.8. The first-order chi connectivity index (χ1) is 9.90. The van der Waals surface area contributed by atoms with Gasteiger partial charge in [0.1, 0.15) is 12.3 Å². The Morgan fingerprint density at radius 2 is 1.81 bits per heavy atom. The van der Waals surface area contributed by atoms with Crippen molar-refractivity contribution < 1.29 is 24.2 Å². The van der Waals surface area contributed by atoms with E-state index in [1.807, 2.05) is 0 Å². The number of aliphatic carboxylic acids is 1. The van der Waals surface area contributed by atoms with Crippen molar-refractivity contribution >= 4 is 17.7 Å². The molecule has 0 radical (unpaired) electrons. The molecule has 0 aliphatic carbocycles. The average Bonchev–Trinajstić information content (AvgIpc) is 2.43. The number of carboxylic acids is 1. The highest BCUT2D eigenvalue weighted by Gasteiger charge is 2.11. The van der Waals surface area contributed by atoms with Crippen LogP contribution in [0, 0.1) is 0 Å². The van der Waals surface area contributed by atoms with Gasteiger partial charge in [-0.2, -0.15) is 0 Å². The Bertz CT molecular complexity index is 509. The monoisotopic (exact) mass is 293 g/mol. The van der Waals surface area contributed by atoms with E-state index in [9.17, 15) is 14.4 Å². The van der Waals surface area contributed by atoms with E-state index >= 15 is 0 Å². The number of carbonyl (C=O) groups excluding carboxylic acids is 2. The molecule has 1 rings (SSSR count). The van der Waals surface area contributed by atoms with Gasteiger partial charge in [0.25, 0.3) is 0 Å². The van der Waals surface area contributed by atoms with Crippen LogP contribution >= 0.6 is 0 Å². The lowest BCUT2D eigenvalue weighted by molar-refractivity contribution is -0.143. The molecule has 0 fully saturated rings. The summed E-state index contributed by atoms with van der Waals surface area (Å²) in [7, 11) is 1.46. The molecule has 1 N–H and O–H groups in total. The van der Waals surface area contributed by atoms with Crippen molar-refractivity contribution in [2.75, 3.05) is 20.2 Å². The molecule has 21 heavy (non-hydrogen) atoms. The molecule has 6 heteroatoms. The van der Waals surface area contributed by atoms with Gasteiger partial charge in [0, 0.05) is 19.0 Å². The van der Waals surface area contributed by atoms with Crippen LogP contribution in [0.2, 0.25) is 0 Å². The second-order valence-electron chi connectivity index (χ2n) is 4.68. The molecular weight excluding hydrogens is 274 g/mol. The lowest BCUT2D eigenvalue weighted by Gasteiger charge is -2.14. The maximum absolute atomic E-state index is 11.6. The largest absolute Gasteiger partial charge is 0.494 e. The number of ether oxygens (including phenoxy) is 1. The van der Waals surface area contributed by atoms with E-state index in [4.69, 9.17) is 9.84 Å². The molecule has 0 aliphatic rings. The van der Waals surface area contributed by atoms with Crippen LogP contribution in [0.4, 0.5) is 0 Å². The van der Waals surface area contributed by atoms with Crippen LogP contribution < -0.4 is 4.74 Å². The molecule has 1 amide bonds. The van der Waals surface area contributed by atoms with Gasteiger partial charge < -0.3 is 14.7 Å². The van der Waals surface area contributed by atoms with Gasteiger partial charge in [0.2, 0.25) is 5.91 Å². The zero-order valence-corrected chi connectivity index (χ0v) is 12.2. The maximum atomic E-state index is 11.6. The van der Waals surface area contributed by atoms with Crippen molar-refractivity contribution in [3.05, 3.63) is 29.8 Å². The molecule has 0 bridgehead atoms. The maximum Gasteiger partial charge on any atom is 0.323 e. The van der Waals surface area contributed by atoms with Gasteiger partial charge in [-0.05, 0) is 37.6 Å². The van der Waals surface area contributed by atoms with Crippen LogP contribution in [-0.2, 0) is 9.59 Å². The Kier molecular flexibility index (Phi) is 6.39. The lowest BCUT2D eigenvalue weighted by Crippen LogP contribution is -2.31. The Balaban J connectivity index is 2.29. The fourth-order valence-electron chi connectivity index (χ4n) is 1.68. The highest BCUT2D eigenvalue weighted by molar-refractivity contribution is 5.94. The van der Waals surface area contributed by atoms with Gasteiger partial charge in [0.15, 0.2) is 5.78 Å². The van der Waals surface area contributed by atoms with Crippen molar-refractivity contribution in [2.24, 2.45) is 0 Å². The van der Waals surface area contributed by atoms with Crippen LogP contribution in [0.25, 0.3) is 0 Å². The summed E-state index contributed by atoms with van der Waals surface area (Å²) < 4.78 is 5.45. The smallest absolute Gasteiger partial charge is 0.323 e. The summed E-state index contributed by atoms with van der Waals surface area (Å²) in [6.07, 6.45) is 0.729. The second kappa shape index (κ2) is 8.04. The third-order valence-corrected chi connectivity index (χ3v) is 2.86. The van der Waals surface area contributed by atoms with E-state index in [0.717, 1.165) is 0 Å². The fourth-order valence-corrected chi connectivity index (χ4v) is 1.68. The first-order valence-electron chi connectivity index (χ1n) is 6.59. The molecule has 0 heterocycles. The summed E-state index contributed by atoms with van der Waals surface area (Å²) >= 11 is 0. The minimum atomic E-state index is -1.03. The first-order valence-corrected chi connectivity index (χ1v) is 6.59. The number of likely N-dealkylation sites (N-methyl/N-ethyl adjacent to an activating group) is 1. The predicted molar refractivity (Wildman–Crippen MR) is 76.4 cm³/mol. The Labute approximate surface area is 123 Å².